The van der Waals surface area contributed by atoms with Gasteiger partial charge in [-0.15, -0.1) is 0 Å². The molecule has 1 aliphatic rings. The summed E-state index contributed by atoms with van der Waals surface area (Å²) in [6, 6.07) is 8.51. The van der Waals surface area contributed by atoms with Crippen molar-refractivity contribution in [2.75, 3.05) is 0 Å². The molecular weight excluding hydrogens is 397 g/mol. The minimum atomic E-state index is -4.51. The van der Waals surface area contributed by atoms with Crippen LogP contribution in [0.1, 0.15) is 40.9 Å². The summed E-state index contributed by atoms with van der Waals surface area (Å²) in [5.41, 5.74) is -0.131. The Morgan fingerprint density at radius 3 is 2.50 bits per heavy atom. The topological polar surface area (TPSA) is 87.7 Å². The molecule has 0 bridgehead atoms. The third-order valence-corrected chi connectivity index (χ3v) is 5.47. The first-order valence-electron chi connectivity index (χ1n) is 9.54. The minimum Gasteiger partial charge on any atom is -0.336 e. The Morgan fingerprint density at radius 2 is 1.83 bits per heavy atom. The molecule has 6 nitrogen and oxygen atoms in total. The molecule has 1 aliphatic carbocycles. The number of aromatic amines is 1. The molecule has 0 atom stereocenters. The lowest BCUT2D eigenvalue weighted by Crippen LogP contribution is -2.63. The maximum absolute atomic E-state index is 13.3. The summed E-state index contributed by atoms with van der Waals surface area (Å²) in [5, 5.41) is 9.83. The smallest absolute Gasteiger partial charge is 0.336 e. The summed E-state index contributed by atoms with van der Waals surface area (Å²) in [5.74, 6) is -0.969. The number of fused-ring (bicyclic) bond motifs is 1. The molecule has 2 N–H and O–H groups in total. The third kappa shape index (κ3) is 3.92. The predicted octanol–water partition coefficient (Wildman–Crippen LogP) is 3.53. The van der Waals surface area contributed by atoms with Crippen molar-refractivity contribution in [1.29, 1.82) is 0 Å². The highest BCUT2D eigenvalue weighted by Crippen LogP contribution is 2.45. The SMILES string of the molecule is O=C(Cc1ccnc(C(=O)NC2(C(F)(F)F)CCC2)c1)Cc1ccc2cn[nH]c2c1. The van der Waals surface area contributed by atoms with E-state index in [4.69, 9.17) is 0 Å². The van der Waals surface area contributed by atoms with Crippen molar-refractivity contribution < 1.29 is 22.8 Å². The quantitative estimate of drug-likeness (QED) is 0.644. The maximum atomic E-state index is 13.3. The fraction of sp³-hybridized carbons (Fsp3) is 0.333. The van der Waals surface area contributed by atoms with Crippen molar-refractivity contribution >= 4 is 22.6 Å². The molecule has 0 aliphatic heterocycles. The van der Waals surface area contributed by atoms with Gasteiger partial charge in [0.05, 0.1) is 11.7 Å². The number of H-pyrrole nitrogens is 1. The van der Waals surface area contributed by atoms with Crippen LogP contribution in [-0.2, 0) is 17.6 Å². The monoisotopic (exact) mass is 416 g/mol. The second kappa shape index (κ2) is 7.55. The number of pyridine rings is 1. The highest BCUT2D eigenvalue weighted by atomic mass is 19.4. The van der Waals surface area contributed by atoms with Gasteiger partial charge >= 0.3 is 6.18 Å². The van der Waals surface area contributed by atoms with Gasteiger partial charge in [-0.1, -0.05) is 12.1 Å². The fourth-order valence-corrected chi connectivity index (χ4v) is 3.61. The summed E-state index contributed by atoms with van der Waals surface area (Å²) < 4.78 is 39.8. The normalized spacial score (nSPS) is 15.6. The van der Waals surface area contributed by atoms with Crippen LogP contribution in [0.3, 0.4) is 0 Å². The standard InChI is InChI=1S/C21H19F3N4O2/c22-21(23,24)20(5-1-6-20)27-19(30)18-11-14(4-7-25-18)9-16(29)8-13-2-3-15-12-26-28-17(15)10-13/h2-4,7,10-12H,1,5-6,8-9H2,(H,26,28)(H,27,30). The van der Waals surface area contributed by atoms with E-state index in [-0.39, 0.29) is 37.2 Å². The highest BCUT2D eigenvalue weighted by Gasteiger charge is 2.59. The first-order chi connectivity index (χ1) is 14.3. The van der Waals surface area contributed by atoms with Gasteiger partial charge in [0.15, 0.2) is 0 Å². The number of hydrogen-bond donors (Lipinski definition) is 2. The lowest BCUT2D eigenvalue weighted by atomic mass is 9.76. The van der Waals surface area contributed by atoms with Gasteiger partial charge in [-0.3, -0.25) is 19.7 Å². The molecule has 1 aromatic carbocycles. The summed E-state index contributed by atoms with van der Waals surface area (Å²) in [6.07, 6.45) is -1.12. The minimum absolute atomic E-state index is 0.0498. The van der Waals surface area contributed by atoms with Crippen LogP contribution in [0.25, 0.3) is 10.9 Å². The van der Waals surface area contributed by atoms with Crippen LogP contribution in [0.2, 0.25) is 0 Å². The van der Waals surface area contributed by atoms with Crippen LogP contribution in [0.5, 0.6) is 0 Å². The lowest BCUT2D eigenvalue weighted by Gasteiger charge is -2.43. The summed E-state index contributed by atoms with van der Waals surface area (Å²) in [6.45, 7) is 0. The van der Waals surface area contributed by atoms with Crippen molar-refractivity contribution in [3.8, 4) is 0 Å². The summed E-state index contributed by atoms with van der Waals surface area (Å²) in [4.78, 5) is 28.7. The van der Waals surface area contributed by atoms with E-state index in [0.717, 1.165) is 16.5 Å². The number of hydrogen-bond acceptors (Lipinski definition) is 4. The van der Waals surface area contributed by atoms with Crippen LogP contribution in [-0.4, -0.2) is 38.6 Å². The lowest BCUT2D eigenvalue weighted by molar-refractivity contribution is -0.215. The number of carbonyl (C=O) groups is 2. The molecule has 0 saturated heterocycles. The number of nitrogens with zero attached hydrogens (tertiary/aromatic N) is 2. The van der Waals surface area contributed by atoms with Gasteiger partial charge in [-0.25, -0.2) is 0 Å². The Bertz CT molecular complexity index is 1100. The van der Waals surface area contributed by atoms with E-state index in [9.17, 15) is 22.8 Å². The first-order valence-corrected chi connectivity index (χ1v) is 9.54. The van der Waals surface area contributed by atoms with Gasteiger partial charge in [0.1, 0.15) is 17.0 Å². The number of ketones is 1. The molecule has 1 saturated carbocycles. The molecular formula is C21H19F3N4O2. The van der Waals surface area contributed by atoms with Gasteiger partial charge in [-0.05, 0) is 48.6 Å². The highest BCUT2D eigenvalue weighted by molar-refractivity contribution is 5.93. The van der Waals surface area contributed by atoms with Crippen molar-refractivity contribution in [1.82, 2.24) is 20.5 Å². The molecule has 0 spiro atoms. The molecule has 0 unspecified atom stereocenters. The van der Waals surface area contributed by atoms with Gasteiger partial charge in [0.2, 0.25) is 0 Å². The third-order valence-electron chi connectivity index (χ3n) is 5.47. The average Bonchev–Trinajstić information content (AvgIpc) is 3.11. The Kier molecular flexibility index (Phi) is 5.05. The average molecular weight is 416 g/mol. The largest absolute Gasteiger partial charge is 0.411 e. The molecule has 9 heteroatoms. The van der Waals surface area contributed by atoms with E-state index in [1.807, 2.05) is 18.2 Å². The van der Waals surface area contributed by atoms with E-state index < -0.39 is 17.6 Å². The molecule has 2 aromatic heterocycles. The van der Waals surface area contributed by atoms with Crippen molar-refractivity contribution in [3.63, 3.8) is 0 Å². The predicted molar refractivity (Wildman–Crippen MR) is 103 cm³/mol. The van der Waals surface area contributed by atoms with Crippen molar-refractivity contribution in [2.24, 2.45) is 0 Å². The van der Waals surface area contributed by atoms with Crippen molar-refractivity contribution in [2.45, 2.75) is 43.8 Å². The summed E-state index contributed by atoms with van der Waals surface area (Å²) >= 11 is 0. The van der Waals surface area contributed by atoms with Gasteiger partial charge in [0, 0.05) is 24.4 Å². The van der Waals surface area contributed by atoms with Crippen molar-refractivity contribution in [3.05, 3.63) is 59.5 Å². The van der Waals surface area contributed by atoms with E-state index in [1.54, 1.807) is 12.3 Å². The van der Waals surface area contributed by atoms with Gasteiger partial charge in [-0.2, -0.15) is 18.3 Å². The molecule has 1 fully saturated rings. The number of Topliss-reactive ketones (excluding diaryl/α,β-unsaturated/α-hetero) is 1. The number of benzene rings is 1. The zero-order valence-corrected chi connectivity index (χ0v) is 15.9. The van der Waals surface area contributed by atoms with Crippen LogP contribution in [0.4, 0.5) is 13.2 Å². The van der Waals surface area contributed by atoms with Crippen LogP contribution in [0, 0.1) is 0 Å². The van der Waals surface area contributed by atoms with Gasteiger partial charge < -0.3 is 5.32 Å². The van der Waals surface area contributed by atoms with E-state index in [0.29, 0.717) is 12.0 Å². The maximum Gasteiger partial charge on any atom is 0.411 e. The Morgan fingerprint density at radius 1 is 1.10 bits per heavy atom. The zero-order valence-electron chi connectivity index (χ0n) is 15.9. The number of rotatable bonds is 6. The Labute approximate surface area is 169 Å². The second-order valence-electron chi connectivity index (χ2n) is 7.62. The number of amides is 1. The molecule has 1 amide bonds. The van der Waals surface area contributed by atoms with Crippen LogP contribution >= 0.6 is 0 Å². The number of carbonyl (C=O) groups excluding carboxylic acids is 2. The Hall–Kier alpha value is -3.23. The Balaban J connectivity index is 1.42. The number of nitrogens with one attached hydrogen (secondary N) is 2. The van der Waals surface area contributed by atoms with E-state index >= 15 is 0 Å². The molecule has 4 rings (SSSR count). The number of halogens is 3. The fourth-order valence-electron chi connectivity index (χ4n) is 3.61. The molecule has 30 heavy (non-hydrogen) atoms. The van der Waals surface area contributed by atoms with E-state index in [1.165, 1.54) is 12.3 Å². The number of alkyl halides is 3. The molecule has 156 valence electrons. The second-order valence-corrected chi connectivity index (χ2v) is 7.62. The zero-order chi connectivity index (χ0) is 21.4. The molecule has 3 aromatic rings. The molecule has 2 heterocycles. The first kappa shape index (κ1) is 20.1. The molecule has 0 radical (unpaired) electrons. The van der Waals surface area contributed by atoms with Crippen LogP contribution < -0.4 is 5.32 Å². The summed E-state index contributed by atoms with van der Waals surface area (Å²) in [7, 11) is 0. The van der Waals surface area contributed by atoms with E-state index in [2.05, 4.69) is 20.5 Å². The van der Waals surface area contributed by atoms with Gasteiger partial charge in [0.25, 0.3) is 5.91 Å². The number of aromatic nitrogens is 3. The van der Waals surface area contributed by atoms with Crippen LogP contribution in [0.15, 0.2) is 42.7 Å².